The molecule has 0 aliphatic carbocycles. The molecule has 1 amide bonds. The van der Waals surface area contributed by atoms with E-state index in [-0.39, 0.29) is 12.5 Å². The van der Waals surface area contributed by atoms with Crippen molar-refractivity contribution in [1.29, 1.82) is 0 Å². The summed E-state index contributed by atoms with van der Waals surface area (Å²) in [5.41, 5.74) is 0. The second kappa shape index (κ2) is 7.50. The molecule has 1 rings (SSSR count). The molecule has 1 unspecified atom stereocenters. The molecule has 0 aromatic heterocycles. The summed E-state index contributed by atoms with van der Waals surface area (Å²) in [5, 5.41) is 0. The molecule has 1 aliphatic rings. The number of amides is 1. The summed E-state index contributed by atoms with van der Waals surface area (Å²) in [6.07, 6.45) is 6.68. The number of esters is 2. The fraction of sp³-hybridized carbons (Fsp3) is 0.615. The predicted octanol–water partition coefficient (Wildman–Crippen LogP) is -0.784. The average molecular weight is 282 g/mol. The van der Waals surface area contributed by atoms with E-state index in [9.17, 15) is 14.4 Å². The van der Waals surface area contributed by atoms with Gasteiger partial charge in [-0.3, -0.25) is 9.69 Å². The van der Waals surface area contributed by atoms with Gasteiger partial charge in [0, 0.05) is 33.1 Å². The van der Waals surface area contributed by atoms with Crippen LogP contribution in [-0.2, 0) is 23.9 Å². The Hall–Kier alpha value is -2.07. The van der Waals surface area contributed by atoms with Gasteiger partial charge in [-0.1, -0.05) is 6.42 Å². The highest BCUT2D eigenvalue weighted by Gasteiger charge is 2.37. The van der Waals surface area contributed by atoms with Gasteiger partial charge in [-0.05, 0) is 6.92 Å². The number of nitrogens with zero attached hydrogens (tertiary/aromatic N) is 2. The van der Waals surface area contributed by atoms with E-state index in [1.165, 1.54) is 6.92 Å². The van der Waals surface area contributed by atoms with Gasteiger partial charge in [0.2, 0.25) is 11.9 Å². The van der Waals surface area contributed by atoms with E-state index in [0.717, 1.165) is 0 Å². The number of rotatable bonds is 4. The van der Waals surface area contributed by atoms with E-state index in [1.54, 1.807) is 22.8 Å². The molecule has 110 valence electrons. The first-order valence-electron chi connectivity index (χ1n) is 6.33. The summed E-state index contributed by atoms with van der Waals surface area (Å²) in [5.74, 6) is -1.56. The molecular weight excluding hydrogens is 264 g/mol. The van der Waals surface area contributed by atoms with E-state index < -0.39 is 18.0 Å². The summed E-state index contributed by atoms with van der Waals surface area (Å²) in [4.78, 5) is 38.1. The van der Waals surface area contributed by atoms with Crippen LogP contribution in [0, 0.1) is 12.5 Å². The third-order valence-electron chi connectivity index (χ3n) is 3.02. The quantitative estimate of drug-likeness (QED) is 0.382. The zero-order valence-electron chi connectivity index (χ0n) is 11.6. The van der Waals surface area contributed by atoms with Crippen LogP contribution >= 0.6 is 0 Å². The second-order valence-electron chi connectivity index (χ2n) is 4.24. The highest BCUT2D eigenvalue weighted by Crippen LogP contribution is 2.10. The molecule has 7 heteroatoms. The number of piperazine rings is 1. The molecule has 7 nitrogen and oxygen atoms in total. The van der Waals surface area contributed by atoms with E-state index in [0.29, 0.717) is 26.2 Å². The number of carbonyl (C=O) groups is 3. The third-order valence-corrected chi connectivity index (χ3v) is 3.02. The van der Waals surface area contributed by atoms with Gasteiger partial charge in [-0.2, -0.15) is 0 Å². The molecule has 0 saturated carbocycles. The van der Waals surface area contributed by atoms with Crippen molar-refractivity contribution in [2.24, 2.45) is 0 Å². The van der Waals surface area contributed by atoms with Crippen molar-refractivity contribution in [2.45, 2.75) is 19.9 Å². The van der Waals surface area contributed by atoms with Crippen LogP contribution in [0.4, 0.5) is 0 Å². The highest BCUT2D eigenvalue weighted by molar-refractivity contribution is 5.99. The third kappa shape index (κ3) is 3.96. The molecule has 0 radical (unpaired) electrons. The van der Waals surface area contributed by atoms with Crippen molar-refractivity contribution in [1.82, 2.24) is 9.80 Å². The SMILES string of the molecule is C#COC(=O)C(C(=O)OCC)N1CCN(C(C)=O)CC1. The van der Waals surface area contributed by atoms with E-state index >= 15 is 0 Å². The number of ether oxygens (including phenoxy) is 2. The molecule has 0 aromatic carbocycles. The second-order valence-corrected chi connectivity index (χ2v) is 4.24. The minimum atomic E-state index is -1.18. The van der Waals surface area contributed by atoms with Crippen molar-refractivity contribution < 1.29 is 23.9 Å². The van der Waals surface area contributed by atoms with Crippen LogP contribution in [-0.4, -0.2) is 66.5 Å². The Labute approximate surface area is 117 Å². The Bertz CT molecular complexity index is 421. The maximum Gasteiger partial charge on any atom is 0.348 e. The molecule has 0 N–H and O–H groups in total. The molecule has 0 spiro atoms. The maximum absolute atomic E-state index is 11.9. The smallest absolute Gasteiger partial charge is 0.348 e. The van der Waals surface area contributed by atoms with E-state index in [2.05, 4.69) is 4.74 Å². The van der Waals surface area contributed by atoms with Crippen molar-refractivity contribution in [3.63, 3.8) is 0 Å². The number of hydrogen-bond donors (Lipinski definition) is 0. The fourth-order valence-electron chi connectivity index (χ4n) is 2.02. The van der Waals surface area contributed by atoms with Crippen molar-refractivity contribution >= 4 is 17.8 Å². The summed E-state index contributed by atoms with van der Waals surface area (Å²) in [7, 11) is 0. The lowest BCUT2D eigenvalue weighted by Crippen LogP contribution is -2.56. The van der Waals surface area contributed by atoms with Gasteiger partial charge >= 0.3 is 11.9 Å². The van der Waals surface area contributed by atoms with E-state index in [1.807, 2.05) is 0 Å². The van der Waals surface area contributed by atoms with Gasteiger partial charge in [0.1, 0.15) is 6.11 Å². The average Bonchev–Trinajstić information content (AvgIpc) is 2.40. The van der Waals surface area contributed by atoms with Gasteiger partial charge in [-0.15, -0.1) is 0 Å². The van der Waals surface area contributed by atoms with Crippen LogP contribution < -0.4 is 0 Å². The van der Waals surface area contributed by atoms with E-state index in [4.69, 9.17) is 11.2 Å². The Morgan fingerprint density at radius 2 is 1.80 bits per heavy atom. The van der Waals surface area contributed by atoms with Crippen LogP contribution in [0.2, 0.25) is 0 Å². The normalized spacial score (nSPS) is 16.9. The van der Waals surface area contributed by atoms with Crippen LogP contribution in [0.1, 0.15) is 13.8 Å². The summed E-state index contributed by atoms with van der Waals surface area (Å²) < 4.78 is 9.33. The van der Waals surface area contributed by atoms with Crippen molar-refractivity contribution in [3.8, 4) is 12.5 Å². The molecule has 1 heterocycles. The summed E-state index contributed by atoms with van der Waals surface area (Å²) in [6.45, 7) is 4.92. The van der Waals surface area contributed by atoms with Crippen LogP contribution in [0.25, 0.3) is 0 Å². The maximum atomic E-state index is 11.9. The van der Waals surface area contributed by atoms with Crippen molar-refractivity contribution in [2.75, 3.05) is 32.8 Å². The Morgan fingerprint density at radius 1 is 1.20 bits per heavy atom. The number of carbonyl (C=O) groups excluding carboxylic acids is 3. The van der Waals surface area contributed by atoms with Crippen LogP contribution in [0.5, 0.6) is 0 Å². The topological polar surface area (TPSA) is 76.2 Å². The molecule has 1 atom stereocenters. The van der Waals surface area contributed by atoms with Gasteiger partial charge in [0.25, 0.3) is 0 Å². The minimum absolute atomic E-state index is 0.0384. The monoisotopic (exact) mass is 282 g/mol. The molecule has 0 aromatic rings. The lowest BCUT2D eigenvalue weighted by atomic mass is 10.2. The fourth-order valence-corrected chi connectivity index (χ4v) is 2.02. The first-order chi connectivity index (χ1) is 9.51. The lowest BCUT2D eigenvalue weighted by molar-refractivity contribution is -0.161. The first kappa shape index (κ1) is 16.0. The molecule has 1 saturated heterocycles. The van der Waals surface area contributed by atoms with Gasteiger partial charge < -0.3 is 14.4 Å². The standard InChI is InChI=1S/C13H18N2O5/c1-4-19-12(17)11(13(18)20-5-2)15-8-6-14(7-9-15)10(3)16/h1,11H,5-9H2,2-3H3. The molecule has 20 heavy (non-hydrogen) atoms. The largest absolute Gasteiger partial charge is 0.464 e. The Kier molecular flexibility index (Phi) is 6.00. The summed E-state index contributed by atoms with van der Waals surface area (Å²) in [6, 6.07) is -1.18. The minimum Gasteiger partial charge on any atom is -0.464 e. The number of terminal acetylenes is 1. The van der Waals surface area contributed by atoms with Gasteiger partial charge in [0.05, 0.1) is 6.61 Å². The van der Waals surface area contributed by atoms with Crippen LogP contribution in [0.3, 0.4) is 0 Å². The zero-order chi connectivity index (χ0) is 15.1. The Balaban J connectivity index is 2.75. The first-order valence-corrected chi connectivity index (χ1v) is 6.33. The Morgan fingerprint density at radius 3 is 2.25 bits per heavy atom. The summed E-state index contributed by atoms with van der Waals surface area (Å²) >= 11 is 0. The highest BCUT2D eigenvalue weighted by atomic mass is 16.6. The van der Waals surface area contributed by atoms with Gasteiger partial charge in [-0.25, -0.2) is 9.59 Å². The predicted molar refractivity (Wildman–Crippen MR) is 69.2 cm³/mol. The van der Waals surface area contributed by atoms with Crippen molar-refractivity contribution in [3.05, 3.63) is 0 Å². The van der Waals surface area contributed by atoms with Gasteiger partial charge in [0.15, 0.2) is 0 Å². The lowest BCUT2D eigenvalue weighted by Gasteiger charge is -2.36. The molecule has 0 bridgehead atoms. The van der Waals surface area contributed by atoms with Crippen LogP contribution in [0.15, 0.2) is 0 Å². The molecule has 1 fully saturated rings. The molecule has 1 aliphatic heterocycles. The molecular formula is C13H18N2O5. The zero-order valence-corrected chi connectivity index (χ0v) is 11.6. The number of hydrogen-bond acceptors (Lipinski definition) is 6.